The van der Waals surface area contributed by atoms with Gasteiger partial charge in [0.2, 0.25) is 0 Å². The van der Waals surface area contributed by atoms with Crippen molar-refractivity contribution < 1.29 is 19.8 Å². The molecule has 2 fully saturated rings. The number of aromatic nitrogens is 2. The first-order valence-electron chi connectivity index (χ1n) is 13.5. The molecule has 0 saturated carbocycles. The number of anilines is 2. The molecule has 2 aromatic rings. The number of piperidine rings is 1. The number of carbonyl (C=O) groups is 2. The highest BCUT2D eigenvalue weighted by molar-refractivity contribution is 6.32. The molecule has 1 atom stereocenters. The van der Waals surface area contributed by atoms with E-state index in [4.69, 9.17) is 22.4 Å². The third-order valence-electron chi connectivity index (χ3n) is 7.69. The maximum atomic E-state index is 12.3. The Kier molecular flexibility index (Phi) is 9.60. The van der Waals surface area contributed by atoms with Crippen LogP contribution in [0.1, 0.15) is 58.2 Å². The molecule has 1 amide bonds. The molecule has 2 aliphatic heterocycles. The minimum atomic E-state index is -0.876. The lowest BCUT2D eigenvalue weighted by Crippen LogP contribution is -2.58. The Bertz CT molecular complexity index is 1190. The lowest BCUT2D eigenvalue weighted by Gasteiger charge is -2.47. The molecule has 1 aromatic carbocycles. The normalized spacial score (nSPS) is 19.3. The second-order valence-corrected chi connectivity index (χ2v) is 10.6. The number of aliphatic hydroxyl groups is 1. The van der Waals surface area contributed by atoms with Crippen LogP contribution in [-0.4, -0.2) is 99.8 Å². The molecule has 2 aliphatic rings. The number of aliphatic hydroxyl groups excluding tert-OH is 1. The molecule has 3 heterocycles. The van der Waals surface area contributed by atoms with E-state index in [9.17, 15) is 14.7 Å². The summed E-state index contributed by atoms with van der Waals surface area (Å²) >= 11 is 6.45. The molecule has 0 aliphatic carbocycles. The summed E-state index contributed by atoms with van der Waals surface area (Å²) in [5.41, 5.74) is 8.21. The van der Waals surface area contributed by atoms with Crippen molar-refractivity contribution in [2.45, 2.75) is 51.7 Å². The fourth-order valence-electron chi connectivity index (χ4n) is 5.62. The smallest absolute Gasteiger partial charge is 0.336 e. The van der Waals surface area contributed by atoms with Gasteiger partial charge in [0.1, 0.15) is 0 Å². The Labute approximate surface area is 234 Å². The topological polar surface area (TPSA) is 148 Å². The van der Waals surface area contributed by atoms with Gasteiger partial charge in [0.15, 0.2) is 22.5 Å². The Morgan fingerprint density at radius 1 is 1.18 bits per heavy atom. The fraction of sp³-hybridized carbons (Fsp3) is 0.556. The van der Waals surface area contributed by atoms with Crippen LogP contribution in [0.2, 0.25) is 5.15 Å². The summed E-state index contributed by atoms with van der Waals surface area (Å²) in [6, 6.07) is 6.42. The number of nitrogen functional groups attached to an aromatic ring is 1. The second-order valence-electron chi connectivity index (χ2n) is 10.3. The predicted molar refractivity (Wildman–Crippen MR) is 150 cm³/mol. The van der Waals surface area contributed by atoms with Crippen molar-refractivity contribution in [3.05, 3.63) is 45.7 Å². The number of piperazine rings is 1. The molecule has 4 rings (SSSR count). The zero-order valence-corrected chi connectivity index (χ0v) is 23.3. The molecule has 2 saturated heterocycles. The van der Waals surface area contributed by atoms with Crippen molar-refractivity contribution in [2.75, 3.05) is 56.5 Å². The van der Waals surface area contributed by atoms with Crippen LogP contribution in [0.3, 0.4) is 0 Å². The van der Waals surface area contributed by atoms with Gasteiger partial charge in [-0.1, -0.05) is 36.2 Å². The van der Waals surface area contributed by atoms with Crippen molar-refractivity contribution in [3.63, 3.8) is 0 Å². The number of likely N-dealkylation sites (tertiary alicyclic amines) is 1. The number of aryl methyl sites for hydroxylation is 1. The van der Waals surface area contributed by atoms with E-state index in [1.165, 1.54) is 0 Å². The van der Waals surface area contributed by atoms with Crippen LogP contribution < -0.4 is 16.0 Å². The largest absolute Gasteiger partial charge is 0.478 e. The van der Waals surface area contributed by atoms with E-state index in [1.807, 2.05) is 19.1 Å². The number of aromatic carboxylic acids is 1. The van der Waals surface area contributed by atoms with E-state index < -0.39 is 11.9 Å². The van der Waals surface area contributed by atoms with Crippen LogP contribution in [0.25, 0.3) is 0 Å². The summed E-state index contributed by atoms with van der Waals surface area (Å²) in [4.78, 5) is 39.6. The van der Waals surface area contributed by atoms with Crippen molar-refractivity contribution in [2.24, 2.45) is 0 Å². The maximum absolute atomic E-state index is 12.3. The standard InChI is InChI=1S/C27H38ClN7O4/c1-3-19-16-34(25-23(28)31-22(24(29)32-25)26(37)30-8-13-36)11-12-35(19)20-6-9-33(10-7-20)15-18-5-4-17(2)14-21(18)27(38)39/h4-5,14,19-20,36H,3,6-13,15-16H2,1-2H3,(H2,29,32)(H,30,37)(H,38,39)/t19-/m0/s1. The van der Waals surface area contributed by atoms with Gasteiger partial charge in [-0.3, -0.25) is 14.6 Å². The number of carboxylic acid groups (broad SMARTS) is 1. The fourth-order valence-corrected chi connectivity index (χ4v) is 5.87. The second kappa shape index (κ2) is 12.9. The quantitative estimate of drug-likeness (QED) is 0.359. The zero-order chi connectivity index (χ0) is 28.1. The van der Waals surface area contributed by atoms with Gasteiger partial charge in [0.25, 0.3) is 5.91 Å². The van der Waals surface area contributed by atoms with Crippen LogP contribution in [0.5, 0.6) is 0 Å². The molecule has 11 nitrogen and oxygen atoms in total. The summed E-state index contributed by atoms with van der Waals surface area (Å²) in [5.74, 6) is -0.912. The highest BCUT2D eigenvalue weighted by Gasteiger charge is 2.34. The Balaban J connectivity index is 1.37. The SMILES string of the molecule is CC[C@H]1CN(c2nc(N)c(C(=O)NCCO)nc2Cl)CCN1C1CCN(Cc2ccc(C)cc2C(=O)O)CC1. The monoisotopic (exact) mass is 559 g/mol. The molecule has 0 unspecified atom stereocenters. The number of nitrogens with one attached hydrogen (secondary N) is 1. The van der Waals surface area contributed by atoms with Gasteiger partial charge in [-0.05, 0) is 50.9 Å². The van der Waals surface area contributed by atoms with Crippen molar-refractivity contribution in [1.82, 2.24) is 25.1 Å². The van der Waals surface area contributed by atoms with Gasteiger partial charge in [0.05, 0.1) is 12.2 Å². The number of benzene rings is 1. The number of nitrogens with zero attached hydrogens (tertiary/aromatic N) is 5. The number of nitrogens with two attached hydrogens (primary N) is 1. The highest BCUT2D eigenvalue weighted by atomic mass is 35.5. The Morgan fingerprint density at radius 2 is 1.92 bits per heavy atom. The minimum absolute atomic E-state index is 0.00678. The molecular formula is C27H38ClN7O4. The molecule has 0 radical (unpaired) electrons. The van der Waals surface area contributed by atoms with Crippen LogP contribution in [0.4, 0.5) is 11.6 Å². The molecule has 212 valence electrons. The minimum Gasteiger partial charge on any atom is -0.478 e. The van der Waals surface area contributed by atoms with E-state index >= 15 is 0 Å². The summed E-state index contributed by atoms with van der Waals surface area (Å²) in [6.45, 7) is 8.76. The van der Waals surface area contributed by atoms with Crippen LogP contribution in [0.15, 0.2) is 18.2 Å². The summed E-state index contributed by atoms with van der Waals surface area (Å²) in [7, 11) is 0. The van der Waals surface area contributed by atoms with Crippen molar-refractivity contribution in [3.8, 4) is 0 Å². The molecule has 39 heavy (non-hydrogen) atoms. The van der Waals surface area contributed by atoms with Crippen molar-refractivity contribution >= 4 is 35.1 Å². The van der Waals surface area contributed by atoms with E-state index in [0.29, 0.717) is 36.6 Å². The van der Waals surface area contributed by atoms with Crippen molar-refractivity contribution in [1.29, 1.82) is 0 Å². The zero-order valence-electron chi connectivity index (χ0n) is 22.6. The van der Waals surface area contributed by atoms with Gasteiger partial charge >= 0.3 is 5.97 Å². The van der Waals surface area contributed by atoms with Gasteiger partial charge < -0.3 is 26.2 Å². The molecule has 0 bridgehead atoms. The van der Waals surface area contributed by atoms with Gasteiger partial charge in [-0.2, -0.15) is 0 Å². The van der Waals surface area contributed by atoms with Crippen LogP contribution in [0, 0.1) is 6.92 Å². The average molecular weight is 560 g/mol. The van der Waals surface area contributed by atoms with Crippen LogP contribution >= 0.6 is 11.6 Å². The third-order valence-corrected chi connectivity index (χ3v) is 7.94. The van der Waals surface area contributed by atoms with E-state index in [-0.39, 0.29) is 29.8 Å². The summed E-state index contributed by atoms with van der Waals surface area (Å²) in [6.07, 6.45) is 3.01. The number of rotatable bonds is 9. The Hall–Kier alpha value is -2.99. The average Bonchev–Trinajstić information content (AvgIpc) is 2.93. The van der Waals surface area contributed by atoms with E-state index in [0.717, 1.165) is 56.6 Å². The first-order valence-corrected chi connectivity index (χ1v) is 13.9. The summed E-state index contributed by atoms with van der Waals surface area (Å²) in [5, 5.41) is 21.2. The van der Waals surface area contributed by atoms with Crippen LogP contribution in [-0.2, 0) is 6.54 Å². The molecule has 1 aromatic heterocycles. The first kappa shape index (κ1) is 29.0. The third kappa shape index (κ3) is 6.78. The molecule has 0 spiro atoms. The lowest BCUT2D eigenvalue weighted by molar-refractivity contribution is 0.0602. The lowest BCUT2D eigenvalue weighted by atomic mass is 9.97. The predicted octanol–water partition coefficient (Wildman–Crippen LogP) is 2.01. The maximum Gasteiger partial charge on any atom is 0.336 e. The Morgan fingerprint density at radius 3 is 2.59 bits per heavy atom. The number of hydrogen-bond donors (Lipinski definition) is 4. The number of halogens is 1. The number of hydrogen-bond acceptors (Lipinski definition) is 9. The first-order chi connectivity index (χ1) is 18.7. The van der Waals surface area contributed by atoms with E-state index in [2.05, 4.69) is 36.9 Å². The number of carboxylic acids is 1. The summed E-state index contributed by atoms with van der Waals surface area (Å²) < 4.78 is 0. The van der Waals surface area contributed by atoms with Gasteiger partial charge in [-0.25, -0.2) is 14.8 Å². The highest BCUT2D eigenvalue weighted by Crippen LogP contribution is 2.30. The molecule has 5 N–H and O–H groups in total. The number of carbonyl (C=O) groups excluding carboxylic acids is 1. The van der Waals surface area contributed by atoms with E-state index in [1.54, 1.807) is 6.07 Å². The van der Waals surface area contributed by atoms with Gasteiger partial charge in [-0.15, -0.1) is 0 Å². The molecular weight excluding hydrogens is 522 g/mol. The van der Waals surface area contributed by atoms with Gasteiger partial charge in [0, 0.05) is 44.8 Å². The number of amides is 1. The molecule has 12 heteroatoms.